The van der Waals surface area contributed by atoms with Crippen molar-refractivity contribution >= 4 is 0 Å². The Morgan fingerprint density at radius 2 is 1.80 bits per heavy atom. The third kappa shape index (κ3) is 3.46. The second-order valence-electron chi connectivity index (χ2n) is 5.18. The van der Waals surface area contributed by atoms with E-state index in [1.807, 2.05) is 0 Å². The molecule has 1 heterocycles. The van der Waals surface area contributed by atoms with Gasteiger partial charge in [0, 0.05) is 6.61 Å². The Hall–Kier alpha value is -0.0800. The zero-order valence-electron chi connectivity index (χ0n) is 9.66. The predicted octanol–water partition coefficient (Wildman–Crippen LogP) is 2.89. The van der Waals surface area contributed by atoms with Crippen molar-refractivity contribution in [1.29, 1.82) is 0 Å². The summed E-state index contributed by atoms with van der Waals surface area (Å²) in [5.41, 5.74) is 0. The van der Waals surface area contributed by atoms with Gasteiger partial charge in [-0.15, -0.1) is 0 Å². The molecule has 2 fully saturated rings. The summed E-state index contributed by atoms with van der Waals surface area (Å²) in [6.45, 7) is 0.935. The minimum absolute atomic E-state index is 0.0574. The summed E-state index contributed by atoms with van der Waals surface area (Å²) >= 11 is 0. The largest absolute Gasteiger partial charge is 0.393 e. The first kappa shape index (κ1) is 11.4. The van der Waals surface area contributed by atoms with Crippen molar-refractivity contribution < 1.29 is 9.84 Å². The highest BCUT2D eigenvalue weighted by Crippen LogP contribution is 2.30. The molecule has 1 aliphatic heterocycles. The normalized spacial score (nSPS) is 30.6. The zero-order valence-corrected chi connectivity index (χ0v) is 9.66. The maximum absolute atomic E-state index is 10.0. The summed E-state index contributed by atoms with van der Waals surface area (Å²) in [5, 5.41) is 10.0. The van der Waals surface area contributed by atoms with Crippen LogP contribution in [0.5, 0.6) is 0 Å². The number of aliphatic hydroxyl groups excluding tert-OH is 1. The average molecular weight is 212 g/mol. The standard InChI is InChI=1S/C13H24O2/c14-13(11-5-1-2-6-11)9-8-12-7-3-4-10-15-12/h11-14H,1-10H2. The fourth-order valence-corrected chi connectivity index (χ4v) is 2.97. The van der Waals surface area contributed by atoms with Crippen LogP contribution in [0.25, 0.3) is 0 Å². The average Bonchev–Trinajstić information content (AvgIpc) is 2.81. The van der Waals surface area contributed by atoms with Crippen LogP contribution in [0.15, 0.2) is 0 Å². The minimum atomic E-state index is -0.0574. The Morgan fingerprint density at radius 3 is 2.47 bits per heavy atom. The van der Waals surface area contributed by atoms with Gasteiger partial charge in [0.05, 0.1) is 12.2 Å². The SMILES string of the molecule is OC(CCC1CCCCO1)C1CCCC1. The maximum Gasteiger partial charge on any atom is 0.0576 e. The molecule has 2 aliphatic rings. The monoisotopic (exact) mass is 212 g/mol. The van der Waals surface area contributed by atoms with Gasteiger partial charge in [0.1, 0.15) is 0 Å². The number of hydrogen-bond acceptors (Lipinski definition) is 2. The van der Waals surface area contributed by atoms with Gasteiger partial charge < -0.3 is 9.84 Å². The Kier molecular flexibility index (Phi) is 4.45. The maximum atomic E-state index is 10.0. The molecule has 2 heteroatoms. The first-order valence-electron chi connectivity index (χ1n) is 6.66. The molecule has 0 aromatic heterocycles. The predicted molar refractivity (Wildman–Crippen MR) is 60.8 cm³/mol. The number of hydrogen-bond donors (Lipinski definition) is 1. The van der Waals surface area contributed by atoms with E-state index < -0.39 is 0 Å². The molecule has 1 N–H and O–H groups in total. The van der Waals surface area contributed by atoms with E-state index in [9.17, 15) is 5.11 Å². The lowest BCUT2D eigenvalue weighted by Crippen LogP contribution is -2.24. The highest BCUT2D eigenvalue weighted by molar-refractivity contribution is 4.76. The van der Waals surface area contributed by atoms with Crippen LogP contribution in [-0.4, -0.2) is 23.9 Å². The molecule has 0 amide bonds. The smallest absolute Gasteiger partial charge is 0.0576 e. The van der Waals surface area contributed by atoms with Gasteiger partial charge in [0.15, 0.2) is 0 Å². The molecule has 0 radical (unpaired) electrons. The van der Waals surface area contributed by atoms with E-state index in [0.29, 0.717) is 12.0 Å². The summed E-state index contributed by atoms with van der Waals surface area (Å²) < 4.78 is 5.68. The molecule has 2 unspecified atom stereocenters. The van der Waals surface area contributed by atoms with E-state index >= 15 is 0 Å². The van der Waals surface area contributed by atoms with Crippen LogP contribution in [0, 0.1) is 5.92 Å². The Morgan fingerprint density at radius 1 is 1.07 bits per heavy atom. The molecular formula is C13H24O2. The zero-order chi connectivity index (χ0) is 10.5. The van der Waals surface area contributed by atoms with Crippen molar-refractivity contribution in [2.75, 3.05) is 6.61 Å². The van der Waals surface area contributed by atoms with Crippen molar-refractivity contribution in [3.8, 4) is 0 Å². The van der Waals surface area contributed by atoms with E-state index in [4.69, 9.17) is 4.74 Å². The van der Waals surface area contributed by atoms with E-state index in [1.165, 1.54) is 44.9 Å². The summed E-state index contributed by atoms with van der Waals surface area (Å²) in [6, 6.07) is 0. The van der Waals surface area contributed by atoms with E-state index in [-0.39, 0.29) is 6.10 Å². The van der Waals surface area contributed by atoms with Crippen LogP contribution < -0.4 is 0 Å². The topological polar surface area (TPSA) is 29.5 Å². The fraction of sp³-hybridized carbons (Fsp3) is 1.00. The van der Waals surface area contributed by atoms with Gasteiger partial charge >= 0.3 is 0 Å². The van der Waals surface area contributed by atoms with E-state index in [2.05, 4.69) is 0 Å². The van der Waals surface area contributed by atoms with Crippen molar-refractivity contribution in [2.24, 2.45) is 5.92 Å². The number of aliphatic hydroxyl groups is 1. The number of ether oxygens (including phenoxy) is 1. The fourth-order valence-electron chi connectivity index (χ4n) is 2.97. The van der Waals surface area contributed by atoms with Crippen molar-refractivity contribution in [2.45, 2.75) is 70.0 Å². The quantitative estimate of drug-likeness (QED) is 0.776. The van der Waals surface area contributed by atoms with E-state index in [0.717, 1.165) is 19.4 Å². The summed E-state index contributed by atoms with van der Waals surface area (Å²) in [6.07, 6.45) is 11.3. The van der Waals surface area contributed by atoms with Gasteiger partial charge in [-0.3, -0.25) is 0 Å². The van der Waals surface area contributed by atoms with Gasteiger partial charge in [-0.25, -0.2) is 0 Å². The van der Waals surface area contributed by atoms with Gasteiger partial charge in [-0.05, 0) is 50.9 Å². The molecular weight excluding hydrogens is 188 g/mol. The molecule has 0 aromatic carbocycles. The van der Waals surface area contributed by atoms with Gasteiger partial charge in [0.2, 0.25) is 0 Å². The molecule has 1 saturated carbocycles. The summed E-state index contributed by atoms with van der Waals surface area (Å²) in [7, 11) is 0. The number of rotatable bonds is 4. The minimum Gasteiger partial charge on any atom is -0.393 e. The lowest BCUT2D eigenvalue weighted by atomic mass is 9.94. The van der Waals surface area contributed by atoms with Crippen molar-refractivity contribution in [3.05, 3.63) is 0 Å². The Balaban J connectivity index is 1.63. The third-order valence-corrected chi connectivity index (χ3v) is 4.00. The molecule has 2 atom stereocenters. The molecule has 1 saturated heterocycles. The molecule has 2 nitrogen and oxygen atoms in total. The first-order valence-corrected chi connectivity index (χ1v) is 6.66. The lowest BCUT2D eigenvalue weighted by Gasteiger charge is -2.25. The lowest BCUT2D eigenvalue weighted by molar-refractivity contribution is -0.00279. The van der Waals surface area contributed by atoms with Gasteiger partial charge in [0.25, 0.3) is 0 Å². The van der Waals surface area contributed by atoms with Crippen molar-refractivity contribution in [1.82, 2.24) is 0 Å². The van der Waals surface area contributed by atoms with Gasteiger partial charge in [-0.1, -0.05) is 12.8 Å². The molecule has 2 rings (SSSR count). The van der Waals surface area contributed by atoms with Crippen LogP contribution in [0.4, 0.5) is 0 Å². The molecule has 88 valence electrons. The molecule has 1 aliphatic carbocycles. The molecule has 0 aromatic rings. The highest BCUT2D eigenvalue weighted by Gasteiger charge is 2.24. The Bertz CT molecular complexity index is 169. The first-order chi connectivity index (χ1) is 7.36. The Labute approximate surface area is 93.0 Å². The molecule has 0 bridgehead atoms. The summed E-state index contributed by atoms with van der Waals surface area (Å²) in [4.78, 5) is 0. The third-order valence-electron chi connectivity index (χ3n) is 4.00. The van der Waals surface area contributed by atoms with Crippen LogP contribution in [0.1, 0.15) is 57.8 Å². The van der Waals surface area contributed by atoms with E-state index in [1.54, 1.807) is 0 Å². The van der Waals surface area contributed by atoms with Crippen LogP contribution in [-0.2, 0) is 4.74 Å². The van der Waals surface area contributed by atoms with Crippen LogP contribution in [0.2, 0.25) is 0 Å². The van der Waals surface area contributed by atoms with Crippen LogP contribution >= 0.6 is 0 Å². The molecule has 0 spiro atoms. The molecule has 15 heavy (non-hydrogen) atoms. The highest BCUT2D eigenvalue weighted by atomic mass is 16.5. The summed E-state index contributed by atoms with van der Waals surface area (Å²) in [5.74, 6) is 0.591. The second kappa shape index (κ2) is 5.86. The van der Waals surface area contributed by atoms with Crippen LogP contribution in [0.3, 0.4) is 0 Å². The second-order valence-corrected chi connectivity index (χ2v) is 5.18. The van der Waals surface area contributed by atoms with Crippen molar-refractivity contribution in [3.63, 3.8) is 0 Å². The van der Waals surface area contributed by atoms with Gasteiger partial charge in [-0.2, -0.15) is 0 Å².